The quantitative estimate of drug-likeness (QED) is 0.678. The summed E-state index contributed by atoms with van der Waals surface area (Å²) in [4.78, 5) is 10.9. The molecule has 0 aliphatic carbocycles. The Balaban J connectivity index is 2.05. The maximum Gasteiger partial charge on any atom is 0.302 e. The van der Waals surface area contributed by atoms with Gasteiger partial charge in [-0.2, -0.15) is 0 Å². The average Bonchev–Trinajstić information content (AvgIpc) is 2.45. The van der Waals surface area contributed by atoms with E-state index >= 15 is 0 Å². The topological polar surface area (TPSA) is 35.5 Å². The number of hydrogen-bond acceptors (Lipinski definition) is 4. The van der Waals surface area contributed by atoms with E-state index in [1.807, 2.05) is 11.8 Å². The molecule has 3 unspecified atom stereocenters. The second kappa shape index (κ2) is 4.47. The van der Waals surface area contributed by atoms with Crippen LogP contribution in [0.4, 0.5) is 0 Å². The van der Waals surface area contributed by atoms with Crippen LogP contribution in [0.2, 0.25) is 0 Å². The maximum atomic E-state index is 10.9. The van der Waals surface area contributed by atoms with Crippen LogP contribution in [0.1, 0.15) is 26.2 Å². The van der Waals surface area contributed by atoms with Gasteiger partial charge < -0.3 is 9.47 Å². The summed E-state index contributed by atoms with van der Waals surface area (Å²) in [6.45, 7) is 1.48. The zero-order valence-electron chi connectivity index (χ0n) is 9.06. The van der Waals surface area contributed by atoms with E-state index in [0.717, 1.165) is 25.0 Å². The van der Waals surface area contributed by atoms with Crippen molar-refractivity contribution in [2.45, 2.75) is 42.8 Å². The summed E-state index contributed by atoms with van der Waals surface area (Å²) in [5.41, 5.74) is 0. The first-order chi connectivity index (χ1) is 7.20. The average molecular weight is 228 g/mol. The predicted octanol–water partition coefficient (Wildman–Crippen LogP) is 2.12. The van der Waals surface area contributed by atoms with E-state index in [-0.39, 0.29) is 12.1 Å². The third-order valence-electron chi connectivity index (χ3n) is 2.87. The van der Waals surface area contributed by atoms with E-state index in [4.69, 9.17) is 9.47 Å². The molecule has 1 saturated heterocycles. The third kappa shape index (κ3) is 2.30. The largest absolute Gasteiger partial charge is 0.500 e. The van der Waals surface area contributed by atoms with Crippen molar-refractivity contribution in [3.63, 3.8) is 0 Å². The van der Waals surface area contributed by atoms with Crippen LogP contribution in [0.25, 0.3) is 0 Å². The first-order valence-corrected chi connectivity index (χ1v) is 6.21. The lowest BCUT2D eigenvalue weighted by molar-refractivity contribution is -0.146. The van der Waals surface area contributed by atoms with Crippen LogP contribution in [0, 0.1) is 0 Å². The standard InChI is InChI=1S/C11H16O3S/c1-7(12)14-9-6-11-8(13-2)4-3-5-10(9)15-11/h4,9-11H,3,5-6H2,1-2H3. The van der Waals surface area contributed by atoms with Crippen molar-refractivity contribution in [1.29, 1.82) is 0 Å². The van der Waals surface area contributed by atoms with Gasteiger partial charge in [0.05, 0.1) is 12.4 Å². The highest BCUT2D eigenvalue weighted by Crippen LogP contribution is 2.44. The van der Waals surface area contributed by atoms with Crippen LogP contribution in [-0.4, -0.2) is 29.7 Å². The molecule has 0 aromatic carbocycles. The van der Waals surface area contributed by atoms with Gasteiger partial charge in [0.2, 0.25) is 0 Å². The summed E-state index contributed by atoms with van der Waals surface area (Å²) >= 11 is 1.89. The van der Waals surface area contributed by atoms with Gasteiger partial charge in [-0.1, -0.05) is 0 Å². The van der Waals surface area contributed by atoms with Crippen molar-refractivity contribution in [1.82, 2.24) is 0 Å². The number of rotatable bonds is 2. The van der Waals surface area contributed by atoms with Crippen molar-refractivity contribution >= 4 is 17.7 Å². The van der Waals surface area contributed by atoms with Gasteiger partial charge in [-0.05, 0) is 18.9 Å². The fourth-order valence-corrected chi connectivity index (χ4v) is 3.89. The Morgan fingerprint density at radius 2 is 2.40 bits per heavy atom. The Morgan fingerprint density at radius 3 is 3.07 bits per heavy atom. The van der Waals surface area contributed by atoms with Gasteiger partial charge in [0.25, 0.3) is 0 Å². The molecule has 1 fully saturated rings. The zero-order chi connectivity index (χ0) is 10.8. The molecule has 84 valence electrons. The van der Waals surface area contributed by atoms with E-state index in [0.29, 0.717) is 10.5 Å². The summed E-state index contributed by atoms with van der Waals surface area (Å²) < 4.78 is 10.7. The number of esters is 1. The van der Waals surface area contributed by atoms with Gasteiger partial charge in [-0.15, -0.1) is 11.8 Å². The molecule has 0 spiro atoms. The Morgan fingerprint density at radius 1 is 1.60 bits per heavy atom. The number of thioether (sulfide) groups is 1. The normalized spacial score (nSPS) is 34.3. The minimum Gasteiger partial charge on any atom is -0.500 e. The molecule has 0 aromatic heterocycles. The van der Waals surface area contributed by atoms with E-state index in [2.05, 4.69) is 6.08 Å². The molecule has 3 nitrogen and oxygen atoms in total. The van der Waals surface area contributed by atoms with Gasteiger partial charge in [0.15, 0.2) is 0 Å². The van der Waals surface area contributed by atoms with Crippen molar-refractivity contribution in [2.75, 3.05) is 7.11 Å². The van der Waals surface area contributed by atoms with Crippen LogP contribution < -0.4 is 0 Å². The molecule has 2 bridgehead atoms. The number of carbonyl (C=O) groups is 1. The third-order valence-corrected chi connectivity index (χ3v) is 4.51. The van der Waals surface area contributed by atoms with Gasteiger partial charge in [0, 0.05) is 18.6 Å². The molecule has 0 saturated carbocycles. The molecule has 0 amide bonds. The molecule has 2 heterocycles. The fourth-order valence-electron chi connectivity index (χ4n) is 2.23. The number of carbonyl (C=O) groups excluding carboxylic acids is 1. The highest BCUT2D eigenvalue weighted by molar-refractivity contribution is 8.01. The predicted molar refractivity (Wildman–Crippen MR) is 59.7 cm³/mol. The minimum absolute atomic E-state index is 0.0800. The Labute approximate surface area is 94.2 Å². The van der Waals surface area contributed by atoms with E-state index in [1.165, 1.54) is 6.92 Å². The number of methoxy groups -OCH3 is 1. The first kappa shape index (κ1) is 10.9. The SMILES string of the molecule is COC1=CCCC2SC1CC2OC(C)=O. The Hall–Kier alpha value is -0.640. The summed E-state index contributed by atoms with van der Waals surface area (Å²) in [5.74, 6) is 0.881. The zero-order valence-corrected chi connectivity index (χ0v) is 9.88. The lowest BCUT2D eigenvalue weighted by Gasteiger charge is -2.18. The molecule has 2 aliphatic heterocycles. The molecule has 0 radical (unpaired) electrons. The summed E-state index contributed by atoms with van der Waals surface area (Å²) in [5, 5.41) is 0.828. The highest BCUT2D eigenvalue weighted by Gasteiger charge is 2.40. The fraction of sp³-hybridized carbons (Fsp3) is 0.727. The number of ether oxygens (including phenoxy) is 2. The molecular formula is C11H16O3S. The van der Waals surface area contributed by atoms with Crippen LogP contribution in [0.3, 0.4) is 0 Å². The maximum absolute atomic E-state index is 10.9. The van der Waals surface area contributed by atoms with Crippen molar-refractivity contribution in [2.24, 2.45) is 0 Å². The smallest absolute Gasteiger partial charge is 0.302 e. The van der Waals surface area contributed by atoms with Crippen LogP contribution in [0.15, 0.2) is 11.8 Å². The second-order valence-corrected chi connectivity index (χ2v) is 5.38. The Kier molecular flexibility index (Phi) is 3.24. The van der Waals surface area contributed by atoms with E-state index in [9.17, 15) is 4.79 Å². The summed E-state index contributed by atoms with van der Waals surface area (Å²) in [6.07, 6.45) is 5.24. The van der Waals surface area contributed by atoms with Crippen LogP contribution >= 0.6 is 11.8 Å². The number of fused-ring (bicyclic) bond motifs is 2. The summed E-state index contributed by atoms with van der Waals surface area (Å²) in [7, 11) is 1.71. The van der Waals surface area contributed by atoms with E-state index < -0.39 is 0 Å². The lowest BCUT2D eigenvalue weighted by Crippen LogP contribution is -2.24. The van der Waals surface area contributed by atoms with Gasteiger partial charge in [-0.25, -0.2) is 0 Å². The van der Waals surface area contributed by atoms with Gasteiger partial charge in [-0.3, -0.25) is 4.79 Å². The molecule has 3 atom stereocenters. The number of allylic oxidation sites excluding steroid dienone is 1. The molecule has 0 N–H and O–H groups in total. The van der Waals surface area contributed by atoms with Gasteiger partial charge in [0.1, 0.15) is 11.9 Å². The summed E-state index contributed by atoms with van der Waals surface area (Å²) in [6, 6.07) is 0. The lowest BCUT2D eigenvalue weighted by atomic mass is 10.0. The molecule has 4 heteroatoms. The van der Waals surface area contributed by atoms with Gasteiger partial charge >= 0.3 is 5.97 Å². The number of hydrogen-bond donors (Lipinski definition) is 0. The second-order valence-electron chi connectivity index (χ2n) is 3.93. The van der Waals surface area contributed by atoms with Crippen LogP contribution in [-0.2, 0) is 14.3 Å². The van der Waals surface area contributed by atoms with Crippen molar-refractivity contribution < 1.29 is 14.3 Å². The molecule has 15 heavy (non-hydrogen) atoms. The molecular weight excluding hydrogens is 212 g/mol. The first-order valence-electron chi connectivity index (χ1n) is 5.27. The molecule has 2 rings (SSSR count). The molecule has 2 aliphatic rings. The highest BCUT2D eigenvalue weighted by atomic mass is 32.2. The van der Waals surface area contributed by atoms with E-state index in [1.54, 1.807) is 7.11 Å². The Bertz CT molecular complexity index is 288. The minimum atomic E-state index is -0.172. The van der Waals surface area contributed by atoms with Crippen molar-refractivity contribution in [3.8, 4) is 0 Å². The molecule has 0 aromatic rings. The van der Waals surface area contributed by atoms with Crippen LogP contribution in [0.5, 0.6) is 0 Å². The van der Waals surface area contributed by atoms with Crippen molar-refractivity contribution in [3.05, 3.63) is 11.8 Å². The monoisotopic (exact) mass is 228 g/mol.